The van der Waals surface area contributed by atoms with E-state index in [4.69, 9.17) is 0 Å². The topological polar surface area (TPSA) is 42.0 Å². The molecule has 0 amide bonds. The summed E-state index contributed by atoms with van der Waals surface area (Å²) in [4.78, 5) is 16.7. The molecule has 0 atom stereocenters. The molecule has 0 unspecified atom stereocenters. The summed E-state index contributed by atoms with van der Waals surface area (Å²) in [6, 6.07) is 3.69. The number of aromatic nitrogens is 1. The van der Waals surface area contributed by atoms with E-state index in [0.717, 1.165) is 18.8 Å². The third kappa shape index (κ3) is 6.28. The first kappa shape index (κ1) is 17.7. The molecule has 0 saturated carbocycles. The normalized spacial score (nSPS) is 11.4. The fourth-order valence-corrected chi connectivity index (χ4v) is 2.25. The molecule has 0 aromatic carbocycles. The minimum Gasteiger partial charge on any atom is -0.369 e. The van der Waals surface area contributed by atoms with Crippen LogP contribution in [0, 0.1) is 5.41 Å². The molecule has 3 heteroatoms. The van der Waals surface area contributed by atoms with E-state index < -0.39 is 0 Å². The van der Waals surface area contributed by atoms with Crippen molar-refractivity contribution < 1.29 is 4.79 Å². The van der Waals surface area contributed by atoms with Crippen LogP contribution in [0.4, 0.5) is 5.82 Å². The van der Waals surface area contributed by atoms with Crippen LogP contribution in [-0.2, 0) is 0 Å². The fourth-order valence-electron chi connectivity index (χ4n) is 2.25. The molecule has 118 valence electrons. The van der Waals surface area contributed by atoms with E-state index in [9.17, 15) is 4.79 Å². The minimum atomic E-state index is -0.375. The second-order valence-corrected chi connectivity index (χ2v) is 6.67. The molecule has 1 aromatic heterocycles. The number of anilines is 1. The summed E-state index contributed by atoms with van der Waals surface area (Å²) in [6.45, 7) is 8.95. The summed E-state index contributed by atoms with van der Waals surface area (Å²) in [6.07, 6.45) is 9.34. The van der Waals surface area contributed by atoms with Crippen LogP contribution in [0.25, 0.3) is 0 Å². The lowest BCUT2D eigenvalue weighted by Crippen LogP contribution is -2.22. The molecule has 0 radical (unpaired) electrons. The molecule has 0 aliphatic carbocycles. The summed E-state index contributed by atoms with van der Waals surface area (Å²) >= 11 is 0. The van der Waals surface area contributed by atoms with Crippen LogP contribution in [0.1, 0.15) is 76.6 Å². The number of nitrogens with zero attached hydrogens (tertiary/aromatic N) is 1. The predicted octanol–water partition coefficient (Wildman–Crippen LogP) is 5.08. The van der Waals surface area contributed by atoms with Crippen molar-refractivity contribution in [2.45, 2.75) is 66.2 Å². The molecule has 0 fully saturated rings. The third-order valence-corrected chi connectivity index (χ3v) is 3.56. The molecule has 0 spiro atoms. The number of unbranched alkanes of at least 4 members (excludes halogenated alkanes) is 5. The maximum absolute atomic E-state index is 12.4. The highest BCUT2D eigenvalue weighted by molar-refractivity contribution is 6.03. The molecule has 0 aliphatic heterocycles. The molecule has 1 N–H and O–H groups in total. The number of nitrogens with one attached hydrogen (secondary N) is 1. The van der Waals surface area contributed by atoms with Gasteiger partial charge in [0.25, 0.3) is 0 Å². The molecule has 1 rings (SSSR count). The molecule has 0 aliphatic rings. The zero-order chi connectivity index (χ0) is 15.7. The van der Waals surface area contributed by atoms with E-state index in [1.165, 1.54) is 32.1 Å². The highest BCUT2D eigenvalue weighted by Crippen LogP contribution is 2.24. The van der Waals surface area contributed by atoms with Crippen molar-refractivity contribution in [2.75, 3.05) is 11.9 Å². The Balaban J connectivity index is 2.47. The average Bonchev–Trinajstić information content (AvgIpc) is 2.45. The Hall–Kier alpha value is -1.38. The largest absolute Gasteiger partial charge is 0.369 e. The number of rotatable bonds is 9. The molecular weight excluding hydrogens is 260 g/mol. The van der Waals surface area contributed by atoms with E-state index in [0.29, 0.717) is 5.56 Å². The van der Waals surface area contributed by atoms with Crippen molar-refractivity contribution in [1.82, 2.24) is 4.98 Å². The van der Waals surface area contributed by atoms with E-state index in [1.807, 2.05) is 32.9 Å². The van der Waals surface area contributed by atoms with Gasteiger partial charge >= 0.3 is 0 Å². The second kappa shape index (κ2) is 8.81. The van der Waals surface area contributed by atoms with Gasteiger partial charge in [-0.3, -0.25) is 4.79 Å². The number of pyridine rings is 1. The number of hydrogen-bond donors (Lipinski definition) is 1. The van der Waals surface area contributed by atoms with Crippen molar-refractivity contribution in [3.05, 3.63) is 23.9 Å². The van der Waals surface area contributed by atoms with Gasteiger partial charge in [-0.25, -0.2) is 4.98 Å². The summed E-state index contributed by atoms with van der Waals surface area (Å²) in [5.74, 6) is 0.868. The van der Waals surface area contributed by atoms with Gasteiger partial charge in [-0.1, -0.05) is 59.8 Å². The van der Waals surface area contributed by atoms with Crippen LogP contribution in [0.15, 0.2) is 18.3 Å². The Bertz CT molecular complexity index is 435. The summed E-state index contributed by atoms with van der Waals surface area (Å²) in [5.41, 5.74) is 0.329. The number of hydrogen-bond acceptors (Lipinski definition) is 3. The molecule has 1 aromatic rings. The van der Waals surface area contributed by atoms with Crippen LogP contribution < -0.4 is 5.32 Å². The SMILES string of the molecule is CCCCCCCCNc1ncccc1C(=O)C(C)(C)C. The number of Topliss-reactive ketones (excluding diaryl/α,β-unsaturated/α-hetero) is 1. The third-order valence-electron chi connectivity index (χ3n) is 3.56. The van der Waals surface area contributed by atoms with Crippen LogP contribution in [-0.4, -0.2) is 17.3 Å². The Kier molecular flexibility index (Phi) is 7.41. The zero-order valence-electron chi connectivity index (χ0n) is 14.0. The van der Waals surface area contributed by atoms with E-state index in [2.05, 4.69) is 17.2 Å². The van der Waals surface area contributed by atoms with Crippen molar-refractivity contribution >= 4 is 11.6 Å². The Morgan fingerprint density at radius 2 is 1.81 bits per heavy atom. The second-order valence-electron chi connectivity index (χ2n) is 6.67. The monoisotopic (exact) mass is 290 g/mol. The summed E-state index contributed by atoms with van der Waals surface area (Å²) in [5, 5.41) is 3.33. The van der Waals surface area contributed by atoms with E-state index in [1.54, 1.807) is 6.20 Å². The standard InChI is InChI=1S/C18H30N2O/c1-5-6-7-8-9-10-13-19-17-15(12-11-14-20-17)16(21)18(2,3)4/h11-12,14H,5-10,13H2,1-4H3,(H,19,20). The van der Waals surface area contributed by atoms with E-state index >= 15 is 0 Å². The molecule has 0 saturated heterocycles. The predicted molar refractivity (Wildman–Crippen MR) is 89.9 cm³/mol. The Labute approximate surface area is 129 Å². The van der Waals surface area contributed by atoms with Gasteiger partial charge in [0.05, 0.1) is 5.56 Å². The van der Waals surface area contributed by atoms with E-state index in [-0.39, 0.29) is 11.2 Å². The lowest BCUT2D eigenvalue weighted by Gasteiger charge is -2.18. The lowest BCUT2D eigenvalue weighted by atomic mass is 9.87. The first-order valence-corrected chi connectivity index (χ1v) is 8.20. The van der Waals surface area contributed by atoms with Crippen molar-refractivity contribution in [2.24, 2.45) is 5.41 Å². The van der Waals surface area contributed by atoms with Gasteiger partial charge in [-0.15, -0.1) is 0 Å². The van der Waals surface area contributed by atoms with Gasteiger partial charge in [-0.2, -0.15) is 0 Å². The van der Waals surface area contributed by atoms with Crippen LogP contribution in [0.2, 0.25) is 0 Å². The maximum atomic E-state index is 12.4. The smallest absolute Gasteiger partial charge is 0.171 e. The Morgan fingerprint density at radius 1 is 1.14 bits per heavy atom. The van der Waals surface area contributed by atoms with Gasteiger partial charge in [0.15, 0.2) is 5.78 Å². The van der Waals surface area contributed by atoms with Gasteiger partial charge in [0.1, 0.15) is 5.82 Å². The molecule has 21 heavy (non-hydrogen) atoms. The summed E-state index contributed by atoms with van der Waals surface area (Å²) in [7, 11) is 0. The molecular formula is C18H30N2O. The quantitative estimate of drug-likeness (QED) is 0.509. The van der Waals surface area contributed by atoms with Crippen LogP contribution >= 0.6 is 0 Å². The molecule has 3 nitrogen and oxygen atoms in total. The first-order chi connectivity index (χ1) is 9.96. The van der Waals surface area contributed by atoms with Gasteiger partial charge in [0.2, 0.25) is 0 Å². The lowest BCUT2D eigenvalue weighted by molar-refractivity contribution is 0.0859. The van der Waals surface area contributed by atoms with Gasteiger partial charge < -0.3 is 5.32 Å². The minimum absolute atomic E-state index is 0.140. The van der Waals surface area contributed by atoms with Gasteiger partial charge in [0, 0.05) is 18.2 Å². The van der Waals surface area contributed by atoms with Crippen molar-refractivity contribution in [3.63, 3.8) is 0 Å². The molecule has 0 bridgehead atoms. The van der Waals surface area contributed by atoms with Crippen molar-refractivity contribution in [1.29, 1.82) is 0 Å². The maximum Gasteiger partial charge on any atom is 0.171 e. The highest BCUT2D eigenvalue weighted by Gasteiger charge is 2.25. The van der Waals surface area contributed by atoms with Crippen LogP contribution in [0.3, 0.4) is 0 Å². The van der Waals surface area contributed by atoms with Gasteiger partial charge in [-0.05, 0) is 18.6 Å². The fraction of sp³-hybridized carbons (Fsp3) is 0.667. The first-order valence-electron chi connectivity index (χ1n) is 8.20. The zero-order valence-corrected chi connectivity index (χ0v) is 14.0. The summed E-state index contributed by atoms with van der Waals surface area (Å²) < 4.78 is 0. The Morgan fingerprint density at radius 3 is 2.48 bits per heavy atom. The average molecular weight is 290 g/mol. The number of ketones is 1. The number of carbonyl (C=O) groups excluding carboxylic acids is 1. The van der Waals surface area contributed by atoms with Crippen LogP contribution in [0.5, 0.6) is 0 Å². The van der Waals surface area contributed by atoms with Crippen molar-refractivity contribution in [3.8, 4) is 0 Å². The number of carbonyl (C=O) groups is 1. The highest BCUT2D eigenvalue weighted by atomic mass is 16.1. The molecule has 1 heterocycles.